The zero-order valence-corrected chi connectivity index (χ0v) is 13.7. The topological polar surface area (TPSA) is 55.4 Å². The van der Waals surface area contributed by atoms with E-state index in [2.05, 4.69) is 5.32 Å². The molecule has 0 unspecified atom stereocenters. The van der Waals surface area contributed by atoms with Gasteiger partial charge in [0, 0.05) is 13.5 Å². The molecule has 0 saturated heterocycles. The summed E-state index contributed by atoms with van der Waals surface area (Å²) in [5.41, 5.74) is 4.70. The third-order valence-electron chi connectivity index (χ3n) is 3.59. The highest BCUT2D eigenvalue weighted by molar-refractivity contribution is 5.89. The largest absolute Gasteiger partial charge is 0.457 e. The Morgan fingerprint density at radius 3 is 2.39 bits per heavy atom. The maximum absolute atomic E-state index is 12.1. The lowest BCUT2D eigenvalue weighted by Gasteiger charge is -2.09. The van der Waals surface area contributed by atoms with Crippen molar-refractivity contribution in [2.75, 3.05) is 0 Å². The van der Waals surface area contributed by atoms with Crippen LogP contribution in [0.3, 0.4) is 0 Å². The zero-order valence-electron chi connectivity index (χ0n) is 13.7. The predicted octanol–water partition coefficient (Wildman–Crippen LogP) is 3.30. The van der Waals surface area contributed by atoms with Gasteiger partial charge in [0.25, 0.3) is 0 Å². The molecule has 0 bridgehead atoms. The van der Waals surface area contributed by atoms with Gasteiger partial charge in [0.05, 0.1) is 5.56 Å². The molecule has 0 fully saturated rings. The van der Waals surface area contributed by atoms with Crippen molar-refractivity contribution in [2.24, 2.45) is 0 Å². The Morgan fingerprint density at radius 2 is 1.74 bits per heavy atom. The van der Waals surface area contributed by atoms with Crippen molar-refractivity contribution in [1.29, 1.82) is 0 Å². The maximum atomic E-state index is 12.1. The first kappa shape index (κ1) is 16.7. The molecule has 0 spiro atoms. The van der Waals surface area contributed by atoms with Crippen LogP contribution in [-0.4, -0.2) is 11.9 Å². The van der Waals surface area contributed by atoms with Gasteiger partial charge in [-0.2, -0.15) is 0 Å². The van der Waals surface area contributed by atoms with E-state index < -0.39 is 0 Å². The zero-order chi connectivity index (χ0) is 16.8. The number of rotatable bonds is 5. The molecule has 0 aliphatic carbocycles. The van der Waals surface area contributed by atoms with Gasteiger partial charge < -0.3 is 10.1 Å². The van der Waals surface area contributed by atoms with Gasteiger partial charge in [-0.1, -0.05) is 35.9 Å². The third-order valence-corrected chi connectivity index (χ3v) is 3.59. The van der Waals surface area contributed by atoms with E-state index in [1.54, 1.807) is 12.1 Å². The quantitative estimate of drug-likeness (QED) is 0.862. The van der Waals surface area contributed by atoms with E-state index in [4.69, 9.17) is 4.74 Å². The highest BCUT2D eigenvalue weighted by Crippen LogP contribution is 2.13. The molecule has 4 nitrogen and oxygen atoms in total. The average Bonchev–Trinajstić information content (AvgIpc) is 2.54. The summed E-state index contributed by atoms with van der Waals surface area (Å²) in [4.78, 5) is 23.0. The number of ether oxygens (including phenoxy) is 1. The van der Waals surface area contributed by atoms with Gasteiger partial charge in [0.2, 0.25) is 5.91 Å². The summed E-state index contributed by atoms with van der Waals surface area (Å²) in [5.74, 6) is -0.431. The number of aryl methyl sites for hydroxylation is 2. The fourth-order valence-electron chi connectivity index (χ4n) is 2.17. The fourth-order valence-corrected chi connectivity index (χ4v) is 2.17. The first-order valence-electron chi connectivity index (χ1n) is 7.52. The van der Waals surface area contributed by atoms with Crippen molar-refractivity contribution < 1.29 is 14.3 Å². The van der Waals surface area contributed by atoms with Crippen LogP contribution < -0.4 is 5.32 Å². The maximum Gasteiger partial charge on any atom is 0.338 e. The minimum Gasteiger partial charge on any atom is -0.457 e. The normalized spacial score (nSPS) is 10.2. The molecule has 23 heavy (non-hydrogen) atoms. The molecule has 1 N–H and O–H groups in total. The monoisotopic (exact) mass is 311 g/mol. The number of carbonyl (C=O) groups is 2. The SMILES string of the molecule is CC(=O)NCc1ccc(C(=O)OCc2cc(C)ccc2C)cc1. The standard InChI is InChI=1S/C19H21NO3/c1-13-4-5-14(2)18(10-13)12-23-19(22)17-8-6-16(7-9-17)11-20-15(3)21/h4-10H,11-12H2,1-3H3,(H,20,21). The van der Waals surface area contributed by atoms with Crippen molar-refractivity contribution in [3.05, 3.63) is 70.3 Å². The Bertz CT molecular complexity index is 705. The van der Waals surface area contributed by atoms with E-state index in [-0.39, 0.29) is 18.5 Å². The predicted molar refractivity (Wildman–Crippen MR) is 89.0 cm³/mol. The van der Waals surface area contributed by atoms with Gasteiger partial charge in [-0.3, -0.25) is 4.79 Å². The summed E-state index contributed by atoms with van der Waals surface area (Å²) in [5, 5.41) is 2.71. The molecule has 4 heteroatoms. The highest BCUT2D eigenvalue weighted by Gasteiger charge is 2.08. The van der Waals surface area contributed by atoms with Crippen LogP contribution in [0.25, 0.3) is 0 Å². The number of benzene rings is 2. The second-order valence-electron chi connectivity index (χ2n) is 5.61. The van der Waals surface area contributed by atoms with Gasteiger partial charge in [-0.25, -0.2) is 4.79 Å². The molecule has 2 rings (SSSR count). The van der Waals surface area contributed by atoms with Crippen LogP contribution in [-0.2, 0) is 22.7 Å². The second kappa shape index (κ2) is 7.58. The van der Waals surface area contributed by atoms with Crippen molar-refractivity contribution >= 4 is 11.9 Å². The summed E-state index contributed by atoms with van der Waals surface area (Å²) in [6, 6.07) is 13.1. The summed E-state index contributed by atoms with van der Waals surface area (Å²) in [7, 11) is 0. The van der Waals surface area contributed by atoms with E-state index in [0.717, 1.165) is 22.3 Å². The number of hydrogen-bond acceptors (Lipinski definition) is 3. The third kappa shape index (κ3) is 4.95. The Morgan fingerprint density at radius 1 is 1.04 bits per heavy atom. The Kier molecular flexibility index (Phi) is 5.52. The highest BCUT2D eigenvalue weighted by atomic mass is 16.5. The fraction of sp³-hybridized carbons (Fsp3) is 0.263. The summed E-state index contributed by atoms with van der Waals surface area (Å²) in [6.07, 6.45) is 0. The van der Waals surface area contributed by atoms with Crippen molar-refractivity contribution in [3.8, 4) is 0 Å². The lowest BCUT2D eigenvalue weighted by Crippen LogP contribution is -2.18. The molecule has 0 aromatic heterocycles. The Balaban J connectivity index is 1.95. The lowest BCUT2D eigenvalue weighted by atomic mass is 10.1. The molecule has 1 amide bonds. The lowest BCUT2D eigenvalue weighted by molar-refractivity contribution is -0.119. The number of nitrogens with one attached hydrogen (secondary N) is 1. The number of amides is 1. The smallest absolute Gasteiger partial charge is 0.338 e. The average molecular weight is 311 g/mol. The minimum atomic E-state index is -0.350. The van der Waals surface area contributed by atoms with Crippen LogP contribution in [0.2, 0.25) is 0 Å². The van der Waals surface area contributed by atoms with Gasteiger partial charge in [-0.05, 0) is 42.7 Å². The Hall–Kier alpha value is -2.62. The van der Waals surface area contributed by atoms with Crippen LogP contribution in [0.5, 0.6) is 0 Å². The Labute approximate surface area is 136 Å². The van der Waals surface area contributed by atoms with Crippen molar-refractivity contribution in [1.82, 2.24) is 5.32 Å². The number of esters is 1. The van der Waals surface area contributed by atoms with Gasteiger partial charge >= 0.3 is 5.97 Å². The minimum absolute atomic E-state index is 0.0815. The van der Waals surface area contributed by atoms with Crippen molar-refractivity contribution in [3.63, 3.8) is 0 Å². The molecule has 2 aromatic carbocycles. The van der Waals surface area contributed by atoms with Gasteiger partial charge in [0.1, 0.15) is 6.61 Å². The molecule has 0 saturated carbocycles. The first-order valence-corrected chi connectivity index (χ1v) is 7.52. The summed E-state index contributed by atoms with van der Waals surface area (Å²) < 4.78 is 5.38. The van der Waals surface area contributed by atoms with Crippen LogP contribution in [0.4, 0.5) is 0 Å². The first-order chi connectivity index (χ1) is 11.0. The molecule has 0 aliphatic rings. The molecule has 0 atom stereocenters. The molecule has 0 heterocycles. The number of hydrogen-bond donors (Lipinski definition) is 1. The van der Waals surface area contributed by atoms with Crippen LogP contribution >= 0.6 is 0 Å². The summed E-state index contributed by atoms with van der Waals surface area (Å²) >= 11 is 0. The van der Waals surface area contributed by atoms with Crippen molar-refractivity contribution in [2.45, 2.75) is 33.9 Å². The molecule has 0 radical (unpaired) electrons. The molecule has 0 aliphatic heterocycles. The van der Waals surface area contributed by atoms with Gasteiger partial charge in [-0.15, -0.1) is 0 Å². The van der Waals surface area contributed by atoms with E-state index in [9.17, 15) is 9.59 Å². The molecular formula is C19H21NO3. The van der Waals surface area contributed by atoms with E-state index in [1.807, 2.05) is 44.2 Å². The van der Waals surface area contributed by atoms with Crippen LogP contribution in [0, 0.1) is 13.8 Å². The van der Waals surface area contributed by atoms with Gasteiger partial charge in [0.15, 0.2) is 0 Å². The van der Waals surface area contributed by atoms with Crippen LogP contribution in [0.15, 0.2) is 42.5 Å². The van der Waals surface area contributed by atoms with E-state index in [1.165, 1.54) is 6.92 Å². The van der Waals surface area contributed by atoms with E-state index >= 15 is 0 Å². The molecule has 120 valence electrons. The van der Waals surface area contributed by atoms with E-state index in [0.29, 0.717) is 12.1 Å². The molecular weight excluding hydrogens is 290 g/mol. The number of carbonyl (C=O) groups excluding carboxylic acids is 2. The molecule has 2 aromatic rings. The second-order valence-corrected chi connectivity index (χ2v) is 5.61. The summed E-state index contributed by atoms with van der Waals surface area (Å²) in [6.45, 7) is 6.20. The van der Waals surface area contributed by atoms with Crippen LogP contribution in [0.1, 0.15) is 39.5 Å².